The van der Waals surface area contributed by atoms with E-state index in [0.29, 0.717) is 18.0 Å². The molecular weight excluding hydrogens is 318 g/mol. The highest BCUT2D eigenvalue weighted by atomic mass is 16.3. The first-order valence-corrected chi connectivity index (χ1v) is 8.70. The fourth-order valence-electron chi connectivity index (χ4n) is 3.32. The molecule has 1 saturated heterocycles. The summed E-state index contributed by atoms with van der Waals surface area (Å²) in [5.41, 5.74) is 1.40. The van der Waals surface area contributed by atoms with E-state index >= 15 is 0 Å². The number of amides is 2. The summed E-state index contributed by atoms with van der Waals surface area (Å²) in [5.74, 6) is 1.36. The maximum atomic E-state index is 12.7. The Morgan fingerprint density at radius 2 is 2.16 bits per heavy atom. The maximum absolute atomic E-state index is 12.7. The highest BCUT2D eigenvalue weighted by molar-refractivity contribution is 5.74. The minimum Gasteiger partial charge on any atom is -0.467 e. The van der Waals surface area contributed by atoms with Crippen LogP contribution >= 0.6 is 0 Å². The van der Waals surface area contributed by atoms with Crippen molar-refractivity contribution in [3.63, 3.8) is 0 Å². The van der Waals surface area contributed by atoms with Gasteiger partial charge in [-0.05, 0) is 43.9 Å². The molecule has 2 amide bonds. The molecule has 0 spiro atoms. The number of hydrogen-bond donors (Lipinski definition) is 1. The smallest absolute Gasteiger partial charge is 0.318 e. The zero-order valence-corrected chi connectivity index (χ0v) is 15.0. The zero-order chi connectivity index (χ0) is 18.0. The molecule has 0 saturated carbocycles. The second-order valence-corrected chi connectivity index (χ2v) is 6.88. The number of urea groups is 1. The van der Waals surface area contributed by atoms with Gasteiger partial charge in [0.2, 0.25) is 0 Å². The Kier molecular flexibility index (Phi) is 4.97. The van der Waals surface area contributed by atoms with Crippen LogP contribution in [0.4, 0.5) is 4.79 Å². The average molecular weight is 343 g/mol. The summed E-state index contributed by atoms with van der Waals surface area (Å²) < 4.78 is 7.13. The molecule has 0 unspecified atom stereocenters. The molecule has 25 heavy (non-hydrogen) atoms. The Labute approximate surface area is 147 Å². The van der Waals surface area contributed by atoms with Crippen LogP contribution in [0.25, 0.3) is 0 Å². The number of furan rings is 1. The van der Waals surface area contributed by atoms with Crippen LogP contribution < -0.4 is 10.9 Å². The summed E-state index contributed by atoms with van der Waals surface area (Å²) in [5, 5.41) is 2.89. The maximum Gasteiger partial charge on any atom is 0.318 e. The van der Waals surface area contributed by atoms with E-state index in [9.17, 15) is 9.59 Å². The van der Waals surface area contributed by atoms with Crippen molar-refractivity contribution in [1.82, 2.24) is 14.8 Å². The molecule has 134 valence electrons. The molecule has 0 aliphatic carbocycles. The van der Waals surface area contributed by atoms with Crippen molar-refractivity contribution in [2.45, 2.75) is 39.3 Å². The number of carbonyl (C=O) groups excluding carboxylic acids is 1. The lowest BCUT2D eigenvalue weighted by Crippen LogP contribution is -2.46. The summed E-state index contributed by atoms with van der Waals surface area (Å²) in [4.78, 5) is 26.8. The molecule has 6 heteroatoms. The monoisotopic (exact) mass is 343 g/mol. The molecule has 1 fully saturated rings. The molecule has 2 aromatic heterocycles. The van der Waals surface area contributed by atoms with E-state index in [1.807, 2.05) is 30.0 Å². The van der Waals surface area contributed by atoms with Gasteiger partial charge >= 0.3 is 6.03 Å². The van der Waals surface area contributed by atoms with Crippen molar-refractivity contribution in [3.8, 4) is 0 Å². The molecular formula is C19H25N3O3. The van der Waals surface area contributed by atoms with E-state index in [0.717, 1.165) is 24.3 Å². The van der Waals surface area contributed by atoms with Crippen LogP contribution in [0.5, 0.6) is 0 Å². The van der Waals surface area contributed by atoms with Gasteiger partial charge in [0.05, 0.1) is 12.3 Å². The standard InChI is InChI=1S/C19H25N3O3/c1-13-8-9-22(16(11-13)17-5-4-10-25-17)19(24)20-12-15-7-6-14(2)21(3)18(15)23/h4-7,10,13,16H,8-9,11-12H2,1-3H3,(H,20,24)/t13-,16+/m1/s1. The molecule has 3 heterocycles. The SMILES string of the molecule is Cc1ccc(CNC(=O)N2CC[C@@H](C)C[C@H]2c2ccco2)c(=O)n1C. The number of hydrogen-bond acceptors (Lipinski definition) is 3. The molecule has 1 N–H and O–H groups in total. The highest BCUT2D eigenvalue weighted by Crippen LogP contribution is 2.34. The number of likely N-dealkylation sites (tertiary alicyclic amines) is 1. The van der Waals surface area contributed by atoms with Gasteiger partial charge in [-0.2, -0.15) is 0 Å². The number of nitrogens with one attached hydrogen (secondary N) is 1. The van der Waals surface area contributed by atoms with Gasteiger partial charge in [-0.1, -0.05) is 13.0 Å². The van der Waals surface area contributed by atoms with Crippen LogP contribution in [0.1, 0.15) is 42.8 Å². The number of nitrogens with zero attached hydrogens (tertiary/aromatic N) is 2. The van der Waals surface area contributed by atoms with Crippen molar-refractivity contribution < 1.29 is 9.21 Å². The van der Waals surface area contributed by atoms with E-state index in [4.69, 9.17) is 4.42 Å². The lowest BCUT2D eigenvalue weighted by Gasteiger charge is -2.37. The third-order valence-corrected chi connectivity index (χ3v) is 5.06. The van der Waals surface area contributed by atoms with Crippen molar-refractivity contribution in [2.75, 3.05) is 6.54 Å². The summed E-state index contributed by atoms with van der Waals surface area (Å²) in [6.07, 6.45) is 3.49. The first-order valence-electron chi connectivity index (χ1n) is 8.70. The van der Waals surface area contributed by atoms with Gasteiger partial charge in [0.1, 0.15) is 5.76 Å². The van der Waals surface area contributed by atoms with E-state index in [1.165, 1.54) is 0 Å². The number of aryl methyl sites for hydroxylation is 1. The molecule has 6 nitrogen and oxygen atoms in total. The Balaban J connectivity index is 1.71. The Morgan fingerprint density at radius 3 is 2.88 bits per heavy atom. The lowest BCUT2D eigenvalue weighted by atomic mass is 9.91. The first-order chi connectivity index (χ1) is 12.0. The lowest BCUT2D eigenvalue weighted by molar-refractivity contribution is 0.119. The minimum atomic E-state index is -0.157. The molecule has 0 aromatic carbocycles. The summed E-state index contributed by atoms with van der Waals surface area (Å²) in [6, 6.07) is 7.21. The third-order valence-electron chi connectivity index (χ3n) is 5.06. The predicted octanol–water partition coefficient (Wildman–Crippen LogP) is 2.97. The Hall–Kier alpha value is -2.50. The van der Waals surface area contributed by atoms with Crippen molar-refractivity contribution in [3.05, 3.63) is 57.9 Å². The van der Waals surface area contributed by atoms with E-state index < -0.39 is 0 Å². The minimum absolute atomic E-state index is 0.0559. The van der Waals surface area contributed by atoms with Gasteiger partial charge in [0, 0.05) is 31.4 Å². The summed E-state index contributed by atoms with van der Waals surface area (Å²) >= 11 is 0. The summed E-state index contributed by atoms with van der Waals surface area (Å²) in [7, 11) is 1.74. The molecule has 1 aliphatic heterocycles. The van der Waals surface area contributed by atoms with Crippen LogP contribution in [0, 0.1) is 12.8 Å². The van der Waals surface area contributed by atoms with Gasteiger partial charge in [0.25, 0.3) is 5.56 Å². The highest BCUT2D eigenvalue weighted by Gasteiger charge is 2.32. The van der Waals surface area contributed by atoms with Gasteiger partial charge in [0.15, 0.2) is 0 Å². The molecule has 0 radical (unpaired) electrons. The number of aromatic nitrogens is 1. The fourth-order valence-corrected chi connectivity index (χ4v) is 3.32. The quantitative estimate of drug-likeness (QED) is 0.932. The van der Waals surface area contributed by atoms with Crippen LogP contribution in [0.2, 0.25) is 0 Å². The molecule has 2 atom stereocenters. The van der Waals surface area contributed by atoms with Gasteiger partial charge < -0.3 is 19.2 Å². The van der Waals surface area contributed by atoms with E-state index in [1.54, 1.807) is 23.9 Å². The number of pyridine rings is 1. The largest absolute Gasteiger partial charge is 0.467 e. The van der Waals surface area contributed by atoms with Crippen molar-refractivity contribution in [1.29, 1.82) is 0 Å². The number of carbonyl (C=O) groups is 1. The van der Waals surface area contributed by atoms with Crippen LogP contribution in [0.3, 0.4) is 0 Å². The van der Waals surface area contributed by atoms with Gasteiger partial charge in [-0.25, -0.2) is 4.79 Å². The van der Waals surface area contributed by atoms with Gasteiger partial charge in [-0.3, -0.25) is 4.79 Å². The fraction of sp³-hybridized carbons (Fsp3) is 0.474. The van der Waals surface area contributed by atoms with E-state index in [2.05, 4.69) is 12.2 Å². The van der Waals surface area contributed by atoms with Crippen LogP contribution in [-0.4, -0.2) is 22.0 Å². The third kappa shape index (κ3) is 3.62. The Bertz CT molecular complexity index is 795. The zero-order valence-electron chi connectivity index (χ0n) is 15.0. The van der Waals surface area contributed by atoms with Crippen molar-refractivity contribution >= 4 is 6.03 Å². The second kappa shape index (κ2) is 7.17. The second-order valence-electron chi connectivity index (χ2n) is 6.88. The van der Waals surface area contributed by atoms with Crippen molar-refractivity contribution in [2.24, 2.45) is 13.0 Å². The van der Waals surface area contributed by atoms with Crippen LogP contribution in [-0.2, 0) is 13.6 Å². The topological polar surface area (TPSA) is 67.5 Å². The molecule has 3 rings (SSSR count). The predicted molar refractivity (Wildman–Crippen MR) is 95.2 cm³/mol. The number of piperidine rings is 1. The van der Waals surface area contributed by atoms with Gasteiger partial charge in [-0.15, -0.1) is 0 Å². The average Bonchev–Trinajstić information content (AvgIpc) is 3.13. The molecule has 2 aromatic rings. The van der Waals surface area contributed by atoms with E-state index in [-0.39, 0.29) is 24.2 Å². The molecule has 1 aliphatic rings. The first kappa shape index (κ1) is 17.3. The normalized spacial score (nSPS) is 20.5. The number of rotatable bonds is 3. The summed E-state index contributed by atoms with van der Waals surface area (Å²) in [6.45, 7) is 4.99. The Morgan fingerprint density at radius 1 is 1.36 bits per heavy atom. The molecule has 0 bridgehead atoms. The van der Waals surface area contributed by atoms with Crippen LogP contribution in [0.15, 0.2) is 39.7 Å².